The van der Waals surface area contributed by atoms with Gasteiger partial charge in [-0.25, -0.2) is 9.78 Å². The highest BCUT2D eigenvalue weighted by Gasteiger charge is 2.58. The van der Waals surface area contributed by atoms with Gasteiger partial charge in [-0.2, -0.15) is 0 Å². The summed E-state index contributed by atoms with van der Waals surface area (Å²) in [6, 6.07) is 6.84. The Balaban J connectivity index is 1.75. The molecule has 2 amide bonds. The first-order valence-corrected chi connectivity index (χ1v) is 13.2. The van der Waals surface area contributed by atoms with E-state index in [0.717, 1.165) is 21.7 Å². The van der Waals surface area contributed by atoms with E-state index in [2.05, 4.69) is 10.3 Å². The Morgan fingerprint density at radius 1 is 1.16 bits per heavy atom. The van der Waals surface area contributed by atoms with Crippen LogP contribution in [0.25, 0.3) is 10.4 Å². The number of aliphatic hydroxyl groups excluding tert-OH is 1. The van der Waals surface area contributed by atoms with Gasteiger partial charge < -0.3 is 25.8 Å². The Hall–Kier alpha value is -2.82. The van der Waals surface area contributed by atoms with Crippen LogP contribution in [0.1, 0.15) is 59.2 Å². The molecule has 1 aromatic heterocycles. The first-order chi connectivity index (χ1) is 17.0. The van der Waals surface area contributed by atoms with E-state index in [-0.39, 0.29) is 19.5 Å². The average Bonchev–Trinajstić information content (AvgIpc) is 3.40. The van der Waals surface area contributed by atoms with Gasteiger partial charge in [0.25, 0.3) is 5.91 Å². The van der Waals surface area contributed by atoms with Gasteiger partial charge >= 0.3 is 5.97 Å². The molecule has 1 unspecified atom stereocenters. The molecule has 1 aliphatic rings. The molecule has 0 radical (unpaired) electrons. The molecule has 2 aromatic rings. The highest BCUT2D eigenvalue weighted by atomic mass is 32.1. The fourth-order valence-electron chi connectivity index (χ4n) is 4.25. The number of carbonyl (C=O) groups is 3. The van der Waals surface area contributed by atoms with Gasteiger partial charge in [0.2, 0.25) is 5.91 Å². The molecule has 202 valence electrons. The van der Waals surface area contributed by atoms with Gasteiger partial charge in [-0.1, -0.05) is 45.0 Å². The van der Waals surface area contributed by atoms with Gasteiger partial charge in [-0.3, -0.25) is 9.59 Å². The Morgan fingerprint density at radius 3 is 2.30 bits per heavy atom. The normalized spacial score (nSPS) is 19.9. The van der Waals surface area contributed by atoms with Crippen LogP contribution in [0.2, 0.25) is 0 Å². The molecule has 0 saturated carbocycles. The number of carbonyl (C=O) groups excluding carboxylic acids is 3. The molecule has 2 heterocycles. The van der Waals surface area contributed by atoms with Crippen molar-refractivity contribution in [3.63, 3.8) is 0 Å². The molecule has 1 aromatic carbocycles. The maximum Gasteiger partial charge on any atom is 0.337 e. The van der Waals surface area contributed by atoms with Crippen molar-refractivity contribution in [2.45, 2.75) is 84.7 Å². The molecular weight excluding hydrogens is 492 g/mol. The zero-order chi connectivity index (χ0) is 27.8. The van der Waals surface area contributed by atoms with Crippen LogP contribution < -0.4 is 11.1 Å². The number of nitrogens with zero attached hydrogens (tertiary/aromatic N) is 2. The highest BCUT2D eigenvalue weighted by Crippen LogP contribution is 2.35. The minimum atomic E-state index is -2.05. The van der Waals surface area contributed by atoms with Crippen LogP contribution in [0.15, 0.2) is 29.8 Å². The predicted molar refractivity (Wildman–Crippen MR) is 142 cm³/mol. The number of aromatic nitrogens is 1. The Kier molecular flexibility index (Phi) is 8.16. The van der Waals surface area contributed by atoms with Crippen LogP contribution in [0.3, 0.4) is 0 Å². The van der Waals surface area contributed by atoms with Crippen LogP contribution in [0.4, 0.5) is 0 Å². The molecule has 1 fully saturated rings. The summed E-state index contributed by atoms with van der Waals surface area (Å²) in [6.45, 7) is 12.2. The van der Waals surface area contributed by atoms with Crippen molar-refractivity contribution in [3.8, 4) is 10.4 Å². The third-order valence-corrected chi connectivity index (χ3v) is 7.49. The number of rotatable bonds is 6. The van der Waals surface area contributed by atoms with E-state index in [4.69, 9.17) is 10.5 Å². The second-order valence-corrected chi connectivity index (χ2v) is 12.5. The lowest BCUT2D eigenvalue weighted by molar-refractivity contribution is -0.173. The third-order valence-electron chi connectivity index (χ3n) is 6.51. The number of esters is 1. The topological polar surface area (TPSA) is 135 Å². The molecule has 1 saturated heterocycles. The lowest BCUT2D eigenvalue weighted by atomic mass is 9.73. The number of aryl methyl sites for hydroxylation is 1. The number of benzene rings is 1. The van der Waals surface area contributed by atoms with Crippen molar-refractivity contribution >= 4 is 29.1 Å². The van der Waals surface area contributed by atoms with E-state index in [1.165, 1.54) is 4.90 Å². The van der Waals surface area contributed by atoms with Crippen LogP contribution in [0, 0.1) is 12.3 Å². The lowest BCUT2D eigenvalue weighted by Gasteiger charge is -2.42. The van der Waals surface area contributed by atoms with Gasteiger partial charge in [-0.05, 0) is 44.2 Å². The van der Waals surface area contributed by atoms with E-state index in [1.807, 2.05) is 31.2 Å². The number of β-amino-alcohol motifs (C(OH)–C–C–N with tert-alkyl or cyclic N) is 1. The van der Waals surface area contributed by atoms with Crippen molar-refractivity contribution in [1.29, 1.82) is 0 Å². The molecule has 3 rings (SSSR count). The van der Waals surface area contributed by atoms with Crippen LogP contribution in [-0.4, -0.2) is 62.6 Å². The zero-order valence-corrected chi connectivity index (χ0v) is 23.4. The van der Waals surface area contributed by atoms with E-state index in [9.17, 15) is 19.5 Å². The highest BCUT2D eigenvalue weighted by molar-refractivity contribution is 7.13. The summed E-state index contributed by atoms with van der Waals surface area (Å²) >= 11 is 1.57. The van der Waals surface area contributed by atoms with E-state index < -0.39 is 46.5 Å². The summed E-state index contributed by atoms with van der Waals surface area (Å²) in [7, 11) is 0. The summed E-state index contributed by atoms with van der Waals surface area (Å²) in [5.74, 6) is -2.03. The Morgan fingerprint density at radius 2 is 1.78 bits per heavy atom. The standard InChI is InChI=1S/C27H38N4O5S/c1-16-21(37-15-30-16)18-10-8-17(9-11-18)13-29-22(33)20-12-19(32)14-31(20)23(34)27(28,25(2,3)4)24(35)36-26(5,6)7/h8-11,15,19-20,32H,12-14,28H2,1-7H3,(H,29,33)/t19-,20?,27+/m1/s1. The Bertz CT molecular complexity index is 1150. The lowest BCUT2D eigenvalue weighted by Crippen LogP contribution is -2.69. The van der Waals surface area contributed by atoms with E-state index >= 15 is 0 Å². The molecule has 9 nitrogen and oxygen atoms in total. The average molecular weight is 531 g/mol. The number of aliphatic hydroxyl groups is 1. The van der Waals surface area contributed by atoms with Crippen LogP contribution in [-0.2, 0) is 25.7 Å². The molecule has 4 N–H and O–H groups in total. The third kappa shape index (κ3) is 6.19. The van der Waals surface area contributed by atoms with Crippen LogP contribution in [0.5, 0.6) is 0 Å². The number of nitrogens with two attached hydrogens (primary N) is 1. The molecule has 3 atom stereocenters. The minimum absolute atomic E-state index is 0.0513. The first-order valence-electron chi connectivity index (χ1n) is 12.3. The molecule has 0 bridgehead atoms. The number of likely N-dealkylation sites (tertiary alicyclic amines) is 1. The van der Waals surface area contributed by atoms with Crippen LogP contribution >= 0.6 is 11.3 Å². The number of amides is 2. The number of hydrogen-bond donors (Lipinski definition) is 3. The summed E-state index contributed by atoms with van der Waals surface area (Å²) in [5.41, 5.74) is 7.29. The van der Waals surface area contributed by atoms with E-state index in [1.54, 1.807) is 58.4 Å². The van der Waals surface area contributed by atoms with Gasteiger partial charge in [-0.15, -0.1) is 11.3 Å². The van der Waals surface area contributed by atoms with Crippen molar-refractivity contribution in [1.82, 2.24) is 15.2 Å². The fourth-order valence-corrected chi connectivity index (χ4v) is 5.06. The fraction of sp³-hybridized carbons (Fsp3) is 0.556. The SMILES string of the molecule is Cc1ncsc1-c1ccc(CNC(=O)C2C[C@@H](O)CN2C(=O)[C@](N)(C(=O)OC(C)(C)C)C(C)(C)C)cc1. The molecule has 0 spiro atoms. The van der Waals surface area contributed by atoms with Crippen molar-refractivity contribution in [2.75, 3.05) is 6.54 Å². The largest absolute Gasteiger partial charge is 0.458 e. The molecular formula is C27H38N4O5S. The Labute approximate surface area is 222 Å². The molecule has 37 heavy (non-hydrogen) atoms. The monoisotopic (exact) mass is 530 g/mol. The smallest absolute Gasteiger partial charge is 0.337 e. The minimum Gasteiger partial charge on any atom is -0.458 e. The number of hydrogen-bond acceptors (Lipinski definition) is 8. The number of nitrogens with one attached hydrogen (secondary N) is 1. The van der Waals surface area contributed by atoms with Gasteiger partial charge in [0.05, 0.1) is 22.2 Å². The van der Waals surface area contributed by atoms with Gasteiger partial charge in [0.1, 0.15) is 11.6 Å². The maximum atomic E-state index is 13.8. The second kappa shape index (κ2) is 10.5. The first kappa shape index (κ1) is 28.7. The summed E-state index contributed by atoms with van der Waals surface area (Å²) in [4.78, 5) is 46.7. The molecule has 1 aliphatic heterocycles. The summed E-state index contributed by atoms with van der Waals surface area (Å²) in [5, 5.41) is 13.2. The molecule has 10 heteroatoms. The van der Waals surface area contributed by atoms with Crippen molar-refractivity contribution in [3.05, 3.63) is 41.0 Å². The molecule has 0 aliphatic carbocycles. The van der Waals surface area contributed by atoms with Crippen molar-refractivity contribution in [2.24, 2.45) is 11.1 Å². The van der Waals surface area contributed by atoms with Gasteiger partial charge in [0, 0.05) is 19.5 Å². The summed E-state index contributed by atoms with van der Waals surface area (Å²) in [6.07, 6.45) is -0.861. The van der Waals surface area contributed by atoms with Gasteiger partial charge in [0.15, 0.2) is 5.54 Å². The number of thiazole rings is 1. The maximum absolute atomic E-state index is 13.8. The summed E-state index contributed by atoms with van der Waals surface area (Å²) < 4.78 is 5.50. The second-order valence-electron chi connectivity index (χ2n) is 11.6. The predicted octanol–water partition coefficient (Wildman–Crippen LogP) is 2.78. The van der Waals surface area contributed by atoms with E-state index in [0.29, 0.717) is 0 Å². The number of ether oxygens (including phenoxy) is 1. The quantitative estimate of drug-likeness (QED) is 0.386. The zero-order valence-electron chi connectivity index (χ0n) is 22.6. The van der Waals surface area contributed by atoms with Crippen molar-refractivity contribution < 1.29 is 24.2 Å².